The minimum Gasteiger partial charge on any atom is -0.453 e. The fraction of sp³-hybridized carbons (Fsp3) is 0. The number of nitrogens with zero attached hydrogens (tertiary/aromatic N) is 1. The number of fused-ring (bicyclic) bond motifs is 4. The third-order valence-corrected chi connectivity index (χ3v) is 9.79. The van der Waals surface area contributed by atoms with Gasteiger partial charge < -0.3 is 9.47 Å². The van der Waals surface area contributed by atoms with Crippen LogP contribution in [0, 0.1) is 0 Å². The van der Waals surface area contributed by atoms with E-state index < -0.39 is 0 Å². The molecule has 51 heavy (non-hydrogen) atoms. The molecule has 0 unspecified atom stereocenters. The number of rotatable bonds is 5. The van der Waals surface area contributed by atoms with E-state index in [0.29, 0.717) is 0 Å². The number of benzene rings is 8. The second-order valence-electron chi connectivity index (χ2n) is 13.0. The van der Waals surface area contributed by atoms with Gasteiger partial charge in [0.25, 0.3) is 0 Å². The molecular formula is C48H31NO2. The van der Waals surface area contributed by atoms with Gasteiger partial charge >= 0.3 is 0 Å². The summed E-state index contributed by atoms with van der Waals surface area (Å²) in [6, 6.07) is 66.3. The molecule has 0 saturated carbocycles. The lowest BCUT2D eigenvalue weighted by Crippen LogP contribution is -2.20. The molecule has 8 aromatic rings. The monoisotopic (exact) mass is 653 g/mol. The van der Waals surface area contributed by atoms with Gasteiger partial charge in [-0.3, -0.25) is 4.90 Å². The van der Waals surface area contributed by atoms with Gasteiger partial charge in [-0.15, -0.1) is 0 Å². The van der Waals surface area contributed by atoms with E-state index in [4.69, 9.17) is 9.47 Å². The van der Waals surface area contributed by atoms with Crippen molar-refractivity contribution in [2.24, 2.45) is 0 Å². The van der Waals surface area contributed by atoms with Crippen LogP contribution in [0.1, 0.15) is 0 Å². The van der Waals surface area contributed by atoms with Crippen LogP contribution < -0.4 is 14.4 Å². The molecule has 0 radical (unpaired) electrons. The van der Waals surface area contributed by atoms with E-state index in [2.05, 4.69) is 157 Å². The third kappa shape index (κ3) is 5.15. The summed E-state index contributed by atoms with van der Waals surface area (Å²) in [5.41, 5.74) is 14.5. The first-order chi connectivity index (χ1) is 25.2. The summed E-state index contributed by atoms with van der Waals surface area (Å²) >= 11 is 0. The van der Waals surface area contributed by atoms with E-state index in [-0.39, 0.29) is 0 Å². The van der Waals surface area contributed by atoms with Gasteiger partial charge in [0.15, 0.2) is 23.0 Å². The molecule has 8 aromatic carbocycles. The molecule has 0 saturated heterocycles. The molecule has 3 heteroatoms. The van der Waals surface area contributed by atoms with Crippen molar-refractivity contribution in [2.45, 2.75) is 0 Å². The van der Waals surface area contributed by atoms with Crippen molar-refractivity contribution in [1.82, 2.24) is 0 Å². The molecule has 2 aliphatic rings. The van der Waals surface area contributed by atoms with E-state index in [1.54, 1.807) is 0 Å². The highest BCUT2D eigenvalue weighted by Gasteiger charge is 2.34. The van der Waals surface area contributed by atoms with Crippen LogP contribution in [0.5, 0.6) is 23.0 Å². The van der Waals surface area contributed by atoms with Gasteiger partial charge in [-0.25, -0.2) is 0 Å². The minimum atomic E-state index is 0.774. The van der Waals surface area contributed by atoms with Crippen molar-refractivity contribution in [1.29, 1.82) is 0 Å². The molecule has 0 aliphatic carbocycles. The summed E-state index contributed by atoms with van der Waals surface area (Å²) in [4.78, 5) is 2.25. The Labute approximate surface area is 297 Å². The molecule has 0 fully saturated rings. The van der Waals surface area contributed by atoms with Crippen LogP contribution in [0.25, 0.3) is 55.6 Å². The minimum absolute atomic E-state index is 0.774. The molecule has 3 nitrogen and oxygen atoms in total. The second kappa shape index (κ2) is 11.9. The first-order valence-corrected chi connectivity index (χ1v) is 17.2. The van der Waals surface area contributed by atoms with Gasteiger partial charge in [-0.05, 0) is 122 Å². The van der Waals surface area contributed by atoms with Gasteiger partial charge in [-0.1, -0.05) is 121 Å². The quantitative estimate of drug-likeness (QED) is 0.184. The fourth-order valence-electron chi connectivity index (χ4n) is 7.33. The smallest absolute Gasteiger partial charge is 0.156 e. The molecule has 2 heterocycles. The fourth-order valence-corrected chi connectivity index (χ4v) is 7.33. The van der Waals surface area contributed by atoms with Gasteiger partial charge in [0.1, 0.15) is 5.69 Å². The number of ether oxygens (including phenoxy) is 2. The normalized spacial score (nSPS) is 12.2. The average Bonchev–Trinajstić information content (AvgIpc) is 3.21. The van der Waals surface area contributed by atoms with Crippen LogP contribution in [0.3, 0.4) is 0 Å². The first kappa shape index (κ1) is 29.1. The Morgan fingerprint density at radius 3 is 1.06 bits per heavy atom. The lowest BCUT2D eigenvalue weighted by Gasteiger charge is -2.38. The zero-order valence-electron chi connectivity index (χ0n) is 27.7. The Morgan fingerprint density at radius 2 is 0.588 bits per heavy atom. The zero-order chi connectivity index (χ0) is 33.7. The maximum atomic E-state index is 6.54. The summed E-state index contributed by atoms with van der Waals surface area (Å²) in [7, 11) is 0. The number of hydrogen-bond acceptors (Lipinski definition) is 3. The molecule has 2 aliphatic heterocycles. The van der Waals surface area contributed by atoms with E-state index in [9.17, 15) is 0 Å². The summed E-state index contributed by atoms with van der Waals surface area (Å²) in [5.74, 6) is 3.19. The average molecular weight is 654 g/mol. The molecular weight excluding hydrogens is 623 g/mol. The third-order valence-electron chi connectivity index (χ3n) is 9.79. The van der Waals surface area contributed by atoms with Crippen molar-refractivity contribution in [3.05, 3.63) is 188 Å². The SMILES string of the molecule is c1ccc(-c2cc(-c3ccccc3)cc(-c3cccc(-c4cccc(-c5cc6c7c(c5)Oc5ccccc5N7c5ccccc5O6)c4)c3)c2)cc1. The van der Waals surface area contributed by atoms with Crippen LogP contribution in [0.15, 0.2) is 188 Å². The van der Waals surface area contributed by atoms with Gasteiger partial charge in [0.05, 0.1) is 11.4 Å². The highest BCUT2D eigenvalue weighted by molar-refractivity contribution is 5.95. The Morgan fingerprint density at radius 1 is 0.255 bits per heavy atom. The van der Waals surface area contributed by atoms with Crippen molar-refractivity contribution in [3.8, 4) is 78.6 Å². The zero-order valence-corrected chi connectivity index (χ0v) is 27.7. The highest BCUT2D eigenvalue weighted by atomic mass is 16.5. The molecule has 0 bridgehead atoms. The Balaban J connectivity index is 1.05. The molecule has 240 valence electrons. The Bertz CT molecular complexity index is 2460. The van der Waals surface area contributed by atoms with Crippen LogP contribution >= 0.6 is 0 Å². The number of para-hydroxylation sites is 4. The van der Waals surface area contributed by atoms with Gasteiger partial charge in [0.2, 0.25) is 0 Å². The summed E-state index contributed by atoms with van der Waals surface area (Å²) in [5, 5.41) is 0. The van der Waals surface area contributed by atoms with Gasteiger partial charge in [-0.2, -0.15) is 0 Å². The van der Waals surface area contributed by atoms with Crippen molar-refractivity contribution >= 4 is 17.1 Å². The first-order valence-electron chi connectivity index (χ1n) is 17.2. The van der Waals surface area contributed by atoms with E-state index in [1.165, 1.54) is 33.4 Å². The highest BCUT2D eigenvalue weighted by Crippen LogP contribution is 2.60. The Hall–Kier alpha value is -6.84. The number of hydrogen-bond donors (Lipinski definition) is 0. The maximum absolute atomic E-state index is 6.54. The lowest BCUT2D eigenvalue weighted by atomic mass is 9.91. The molecule has 0 N–H and O–H groups in total. The standard InChI is InChI=1S/C48H31NO2/c1-3-13-32(14-4-1)38-27-39(33-15-5-2-6-16-33)29-40(28-38)36-19-11-17-34(25-36)35-18-12-20-37(26-35)41-30-46-48-47(31-41)51-45-24-10-8-22-43(45)49(48)42-21-7-9-23-44(42)50-46/h1-31H. The largest absolute Gasteiger partial charge is 0.453 e. The summed E-state index contributed by atoms with van der Waals surface area (Å²) in [6.07, 6.45) is 0. The van der Waals surface area contributed by atoms with Crippen molar-refractivity contribution in [3.63, 3.8) is 0 Å². The molecule has 10 rings (SSSR count). The summed E-state index contributed by atoms with van der Waals surface area (Å²) in [6.45, 7) is 0. The van der Waals surface area contributed by atoms with Crippen LogP contribution in [0.2, 0.25) is 0 Å². The van der Waals surface area contributed by atoms with Crippen LogP contribution in [-0.2, 0) is 0 Å². The van der Waals surface area contributed by atoms with Gasteiger partial charge in [0, 0.05) is 0 Å². The molecule has 0 spiro atoms. The van der Waals surface area contributed by atoms with E-state index >= 15 is 0 Å². The molecule has 0 aromatic heterocycles. The maximum Gasteiger partial charge on any atom is 0.156 e. The number of anilines is 3. The van der Waals surface area contributed by atoms with Crippen LogP contribution in [-0.4, -0.2) is 0 Å². The molecule has 0 amide bonds. The van der Waals surface area contributed by atoms with Crippen molar-refractivity contribution in [2.75, 3.05) is 4.90 Å². The second-order valence-corrected chi connectivity index (χ2v) is 13.0. The topological polar surface area (TPSA) is 21.7 Å². The summed E-state index contributed by atoms with van der Waals surface area (Å²) < 4.78 is 13.1. The Kier molecular flexibility index (Phi) is 6.81. The predicted octanol–water partition coefficient (Wildman–Crippen LogP) is 13.7. The van der Waals surface area contributed by atoms with Crippen LogP contribution in [0.4, 0.5) is 17.1 Å². The van der Waals surface area contributed by atoms with Crippen molar-refractivity contribution < 1.29 is 9.47 Å². The molecule has 0 atom stereocenters. The predicted molar refractivity (Wildman–Crippen MR) is 208 cm³/mol. The van der Waals surface area contributed by atoms with E-state index in [1.807, 2.05) is 36.4 Å². The van der Waals surface area contributed by atoms with E-state index in [0.717, 1.165) is 62.3 Å². The lowest BCUT2D eigenvalue weighted by molar-refractivity contribution is 0.446.